The number of hydrogen-bond acceptors (Lipinski definition) is 3. The van der Waals surface area contributed by atoms with E-state index in [1.54, 1.807) is 0 Å². The lowest BCUT2D eigenvalue weighted by Gasteiger charge is -2.19. The molecule has 92 valence electrons. The third-order valence-electron chi connectivity index (χ3n) is 2.93. The van der Waals surface area contributed by atoms with Gasteiger partial charge in [0.05, 0.1) is 16.9 Å². The molecule has 3 heteroatoms. The number of anilines is 1. The number of nitriles is 1. The van der Waals surface area contributed by atoms with Crippen LogP contribution in [-0.4, -0.2) is 11.0 Å². The third kappa shape index (κ3) is 3.45. The van der Waals surface area contributed by atoms with E-state index in [1.165, 1.54) is 0 Å². The average Bonchev–Trinajstić information content (AvgIpc) is 2.28. The van der Waals surface area contributed by atoms with Crippen LogP contribution in [0.1, 0.15) is 50.1 Å². The summed E-state index contributed by atoms with van der Waals surface area (Å²) in [6.07, 6.45) is 3.34. The SMILES string of the molecule is CCCC(CC)Nc1cc(C)nc(C)c1C#N. The van der Waals surface area contributed by atoms with Gasteiger partial charge in [0.2, 0.25) is 0 Å². The topological polar surface area (TPSA) is 48.7 Å². The molecule has 17 heavy (non-hydrogen) atoms. The Bertz CT molecular complexity index is 418. The predicted octanol–water partition coefficient (Wildman–Crippen LogP) is 3.56. The lowest BCUT2D eigenvalue weighted by Crippen LogP contribution is -2.19. The molecule has 0 spiro atoms. The van der Waals surface area contributed by atoms with Gasteiger partial charge in [-0.3, -0.25) is 4.98 Å². The van der Waals surface area contributed by atoms with Gasteiger partial charge in [0.25, 0.3) is 0 Å². The second-order valence-electron chi connectivity index (χ2n) is 4.42. The minimum atomic E-state index is 0.438. The van der Waals surface area contributed by atoms with Crippen molar-refractivity contribution >= 4 is 5.69 Å². The highest BCUT2D eigenvalue weighted by Crippen LogP contribution is 2.21. The number of hydrogen-bond donors (Lipinski definition) is 1. The van der Waals surface area contributed by atoms with E-state index in [4.69, 9.17) is 0 Å². The maximum atomic E-state index is 9.18. The maximum Gasteiger partial charge on any atom is 0.103 e. The molecule has 1 rings (SSSR count). The number of nitrogens with zero attached hydrogens (tertiary/aromatic N) is 2. The average molecular weight is 231 g/mol. The molecule has 0 aliphatic heterocycles. The highest BCUT2D eigenvalue weighted by Gasteiger charge is 2.11. The molecule has 1 heterocycles. The van der Waals surface area contributed by atoms with E-state index in [0.717, 1.165) is 36.3 Å². The number of aryl methyl sites for hydroxylation is 2. The summed E-state index contributed by atoms with van der Waals surface area (Å²) in [6, 6.07) is 4.64. The van der Waals surface area contributed by atoms with Crippen molar-refractivity contribution in [3.8, 4) is 6.07 Å². The first-order valence-corrected chi connectivity index (χ1v) is 6.27. The smallest absolute Gasteiger partial charge is 0.103 e. The molecule has 1 unspecified atom stereocenters. The Hall–Kier alpha value is -1.56. The highest BCUT2D eigenvalue weighted by atomic mass is 14.9. The van der Waals surface area contributed by atoms with Crippen molar-refractivity contribution in [3.05, 3.63) is 23.0 Å². The summed E-state index contributed by atoms with van der Waals surface area (Å²) >= 11 is 0. The van der Waals surface area contributed by atoms with Gasteiger partial charge in [-0.1, -0.05) is 20.3 Å². The van der Waals surface area contributed by atoms with Crippen molar-refractivity contribution < 1.29 is 0 Å². The van der Waals surface area contributed by atoms with Crippen LogP contribution in [0.3, 0.4) is 0 Å². The van der Waals surface area contributed by atoms with Gasteiger partial charge in [0.1, 0.15) is 6.07 Å². The van der Waals surface area contributed by atoms with Gasteiger partial charge in [0, 0.05) is 11.7 Å². The zero-order valence-electron chi connectivity index (χ0n) is 11.2. The lowest BCUT2D eigenvalue weighted by molar-refractivity contribution is 0.622. The Morgan fingerprint density at radius 3 is 2.65 bits per heavy atom. The first-order chi connectivity index (χ1) is 8.12. The predicted molar refractivity (Wildman–Crippen MR) is 71.0 cm³/mol. The fourth-order valence-electron chi connectivity index (χ4n) is 2.03. The summed E-state index contributed by atoms with van der Waals surface area (Å²) in [5.41, 5.74) is 3.36. The van der Waals surface area contributed by atoms with Gasteiger partial charge in [-0.05, 0) is 32.8 Å². The van der Waals surface area contributed by atoms with E-state index in [0.29, 0.717) is 11.6 Å². The molecule has 0 saturated heterocycles. The summed E-state index contributed by atoms with van der Waals surface area (Å²) in [6.45, 7) is 8.19. The molecule has 0 amide bonds. The quantitative estimate of drug-likeness (QED) is 0.843. The van der Waals surface area contributed by atoms with Crippen LogP contribution in [0.5, 0.6) is 0 Å². The van der Waals surface area contributed by atoms with Crippen molar-refractivity contribution in [1.29, 1.82) is 5.26 Å². The Morgan fingerprint density at radius 2 is 2.12 bits per heavy atom. The fourth-order valence-corrected chi connectivity index (χ4v) is 2.03. The molecule has 0 aliphatic rings. The molecule has 0 aromatic carbocycles. The van der Waals surface area contributed by atoms with Crippen LogP contribution in [0, 0.1) is 25.2 Å². The normalized spacial score (nSPS) is 11.9. The van der Waals surface area contributed by atoms with Crippen molar-refractivity contribution in [1.82, 2.24) is 4.98 Å². The van der Waals surface area contributed by atoms with Crippen LogP contribution in [0.4, 0.5) is 5.69 Å². The van der Waals surface area contributed by atoms with Crippen LogP contribution in [-0.2, 0) is 0 Å². The van der Waals surface area contributed by atoms with E-state index < -0.39 is 0 Å². The van der Waals surface area contributed by atoms with Gasteiger partial charge in [-0.15, -0.1) is 0 Å². The fraction of sp³-hybridized carbons (Fsp3) is 0.571. The number of aromatic nitrogens is 1. The van der Waals surface area contributed by atoms with Gasteiger partial charge >= 0.3 is 0 Å². The summed E-state index contributed by atoms with van der Waals surface area (Å²) in [7, 11) is 0. The third-order valence-corrected chi connectivity index (χ3v) is 2.93. The van der Waals surface area contributed by atoms with Crippen LogP contribution in [0.2, 0.25) is 0 Å². The van der Waals surface area contributed by atoms with Crippen LogP contribution in [0.25, 0.3) is 0 Å². The molecule has 1 aromatic rings. The van der Waals surface area contributed by atoms with Crippen LogP contribution >= 0.6 is 0 Å². The van der Waals surface area contributed by atoms with E-state index in [9.17, 15) is 5.26 Å². The molecule has 1 atom stereocenters. The Balaban J connectivity index is 3.00. The van der Waals surface area contributed by atoms with E-state index >= 15 is 0 Å². The molecule has 0 aliphatic carbocycles. The Kier molecular flexibility index (Phi) is 4.96. The van der Waals surface area contributed by atoms with Crippen molar-refractivity contribution in [3.63, 3.8) is 0 Å². The molecule has 1 N–H and O–H groups in total. The van der Waals surface area contributed by atoms with Gasteiger partial charge in [-0.2, -0.15) is 5.26 Å². The van der Waals surface area contributed by atoms with E-state index in [2.05, 4.69) is 30.2 Å². The molecule has 3 nitrogen and oxygen atoms in total. The standard InChI is InChI=1S/C14H21N3/c1-5-7-12(6-2)17-14-8-10(3)16-11(4)13(14)9-15/h8,12H,5-7H2,1-4H3,(H,16,17). The second-order valence-corrected chi connectivity index (χ2v) is 4.42. The monoisotopic (exact) mass is 231 g/mol. The summed E-state index contributed by atoms with van der Waals surface area (Å²) < 4.78 is 0. The van der Waals surface area contributed by atoms with E-state index in [-0.39, 0.29) is 0 Å². The zero-order chi connectivity index (χ0) is 12.8. The van der Waals surface area contributed by atoms with Crippen LogP contribution in [0.15, 0.2) is 6.07 Å². The molecule has 0 saturated carbocycles. The van der Waals surface area contributed by atoms with Crippen molar-refractivity contribution in [2.75, 3.05) is 5.32 Å². The number of pyridine rings is 1. The molecule has 0 fully saturated rings. The Morgan fingerprint density at radius 1 is 1.41 bits per heavy atom. The van der Waals surface area contributed by atoms with Crippen molar-refractivity contribution in [2.24, 2.45) is 0 Å². The maximum absolute atomic E-state index is 9.18. The van der Waals surface area contributed by atoms with Gasteiger partial charge < -0.3 is 5.32 Å². The summed E-state index contributed by atoms with van der Waals surface area (Å²) in [5, 5.41) is 12.6. The van der Waals surface area contributed by atoms with Crippen LogP contribution < -0.4 is 5.32 Å². The first kappa shape index (κ1) is 13.5. The van der Waals surface area contributed by atoms with Gasteiger partial charge in [0.15, 0.2) is 0 Å². The minimum absolute atomic E-state index is 0.438. The summed E-state index contributed by atoms with van der Waals surface area (Å²) in [4.78, 5) is 4.32. The number of rotatable bonds is 5. The first-order valence-electron chi connectivity index (χ1n) is 6.27. The zero-order valence-corrected chi connectivity index (χ0v) is 11.2. The molecular weight excluding hydrogens is 210 g/mol. The molecule has 0 bridgehead atoms. The highest BCUT2D eigenvalue weighted by molar-refractivity contribution is 5.60. The van der Waals surface area contributed by atoms with Gasteiger partial charge in [-0.25, -0.2) is 0 Å². The summed E-state index contributed by atoms with van der Waals surface area (Å²) in [5.74, 6) is 0. The molecular formula is C14H21N3. The largest absolute Gasteiger partial charge is 0.381 e. The van der Waals surface area contributed by atoms with Crippen molar-refractivity contribution in [2.45, 2.75) is 53.0 Å². The van der Waals surface area contributed by atoms with E-state index in [1.807, 2.05) is 19.9 Å². The molecule has 0 radical (unpaired) electrons. The lowest BCUT2D eigenvalue weighted by atomic mass is 10.1. The second kappa shape index (κ2) is 6.24. The minimum Gasteiger partial charge on any atom is -0.381 e. The Labute approximate surface area is 104 Å². The number of nitrogens with one attached hydrogen (secondary N) is 1. The molecule has 1 aromatic heterocycles.